The number of hydrogen-bond acceptors (Lipinski definition) is 5. The van der Waals surface area contributed by atoms with Crippen molar-refractivity contribution in [2.24, 2.45) is 0 Å². The quantitative estimate of drug-likeness (QED) is 0.129. The van der Waals surface area contributed by atoms with Gasteiger partial charge in [-0.05, 0) is 116 Å². The molecule has 0 amide bonds. The maximum Gasteiger partial charge on any atom is 0.143 e. The van der Waals surface area contributed by atoms with E-state index < -0.39 is 23.5 Å². The van der Waals surface area contributed by atoms with Gasteiger partial charge in [0.05, 0.1) is 34.9 Å². The molecule has 0 atom stereocenters. The van der Waals surface area contributed by atoms with Crippen LogP contribution in [0, 0.1) is 0 Å². The van der Waals surface area contributed by atoms with E-state index in [0.29, 0.717) is 41.0 Å². The monoisotopic (exact) mass is 1100 g/mol. The molecule has 0 N–H and O–H groups in total. The van der Waals surface area contributed by atoms with E-state index in [2.05, 4.69) is 240 Å². The van der Waals surface area contributed by atoms with E-state index >= 15 is 0 Å². The lowest BCUT2D eigenvalue weighted by molar-refractivity contribution is 0.483. The van der Waals surface area contributed by atoms with E-state index in [1.54, 1.807) is 12.3 Å². The van der Waals surface area contributed by atoms with Crippen molar-refractivity contribution in [1.29, 1.82) is 0 Å². The Kier molecular flexibility index (Phi) is 12.1. The fourth-order valence-electron chi connectivity index (χ4n) is 11.6. The molecule has 0 saturated carbocycles. The second-order valence-corrected chi connectivity index (χ2v) is 25.0. The topological polar surface area (TPSA) is 42.8 Å². The Labute approximate surface area is 501 Å². The molecule has 1 aliphatic heterocycles. The number of ether oxygens (including phenoxy) is 2. The van der Waals surface area contributed by atoms with Crippen LogP contribution in [0.25, 0.3) is 72.1 Å². The van der Waals surface area contributed by atoms with Crippen LogP contribution in [0.3, 0.4) is 0 Å². The van der Waals surface area contributed by atoms with Crippen molar-refractivity contribution >= 4 is 44.6 Å². The first-order chi connectivity index (χ1) is 42.6. The lowest BCUT2D eigenvalue weighted by Crippen LogP contribution is -2.24. The Bertz CT molecular complexity index is 4610. The number of para-hydroxylation sites is 4. The van der Waals surface area contributed by atoms with Gasteiger partial charge in [-0.1, -0.05) is 226 Å². The molecule has 13 rings (SSSR count). The highest BCUT2D eigenvalue weighted by atomic mass is 16.5. The maximum atomic E-state index is 9.37. The lowest BCUT2D eigenvalue weighted by Gasteiger charge is -2.28. The molecule has 0 unspecified atom stereocenters. The van der Waals surface area contributed by atoms with Crippen LogP contribution in [-0.2, 0) is 16.2 Å². The zero-order valence-electron chi connectivity index (χ0n) is 54.1. The van der Waals surface area contributed by atoms with Gasteiger partial charge in [0.15, 0.2) is 0 Å². The smallest absolute Gasteiger partial charge is 0.143 e. The minimum Gasteiger partial charge on any atom is -0.457 e. The summed E-state index contributed by atoms with van der Waals surface area (Å²) in [6.45, 7) is 20.2. The fourth-order valence-corrected chi connectivity index (χ4v) is 11.6. The van der Waals surface area contributed by atoms with Crippen LogP contribution in [-0.4, -0.2) is 16.2 Å². The number of rotatable bonds is 11. The summed E-state index contributed by atoms with van der Waals surface area (Å²) in [5.74, 6) is 2.69. The van der Waals surface area contributed by atoms with Gasteiger partial charge in [0, 0.05) is 63.1 Å². The van der Waals surface area contributed by atoms with Crippen molar-refractivity contribution in [3.8, 4) is 73.3 Å². The summed E-state index contributed by atoms with van der Waals surface area (Å²) in [6, 6.07) is 71.7. The van der Waals surface area contributed by atoms with Gasteiger partial charge >= 0.3 is 0 Å². The van der Waals surface area contributed by atoms with Gasteiger partial charge in [0.2, 0.25) is 0 Å². The summed E-state index contributed by atoms with van der Waals surface area (Å²) in [6.07, 6.45) is 1.73. The van der Waals surface area contributed by atoms with E-state index in [4.69, 9.17) is 18.6 Å². The van der Waals surface area contributed by atoms with E-state index in [0.717, 1.165) is 94.6 Å². The van der Waals surface area contributed by atoms with E-state index in [1.165, 1.54) is 0 Å². The SMILES string of the molecule is [2H]c1c([2H])c([2H])c(-c2cc(C(C)(C)C)cc(-c3cc(C(C)(C)C)cc(C(C)(C)C)c3)c2Oc2ccnc(-n3c4ccccc4c4ccc(Oc5cccc(N6CN(c7c(-c8ccccc8)cccc7-c7ccccc7)c7ccccc76)c5)cc43)c2)c([2H])c1[2H]. The highest BCUT2D eigenvalue weighted by Gasteiger charge is 2.32. The summed E-state index contributed by atoms with van der Waals surface area (Å²) in [4.78, 5) is 9.82. The first-order valence-corrected chi connectivity index (χ1v) is 28.9. The minimum absolute atomic E-state index is 0.0605. The number of aromatic nitrogens is 2. The third-order valence-electron chi connectivity index (χ3n) is 16.1. The molecule has 10 aromatic carbocycles. The van der Waals surface area contributed by atoms with E-state index in [-0.39, 0.29) is 28.5 Å². The zero-order chi connectivity index (χ0) is 62.3. The molecule has 2 aromatic heterocycles. The van der Waals surface area contributed by atoms with Crippen molar-refractivity contribution in [3.63, 3.8) is 0 Å². The average molecular weight is 1100 g/mol. The van der Waals surface area contributed by atoms with E-state index in [9.17, 15) is 2.74 Å². The molecule has 0 radical (unpaired) electrons. The maximum absolute atomic E-state index is 9.37. The second-order valence-electron chi connectivity index (χ2n) is 25.0. The van der Waals surface area contributed by atoms with Crippen molar-refractivity contribution < 1.29 is 16.3 Å². The predicted octanol–water partition coefficient (Wildman–Crippen LogP) is 21.6. The first kappa shape index (κ1) is 47.9. The standard InChI is InChI=1S/C78H70N4O2/c1-76(2,3)56-43-55(44-57(45-56)77(4,5)6)68-47-58(78(7,8)9)46-67(54-29-17-12-18-30-54)75(68)84-62-41-42-79-73(50-62)82-69-36-20-19-33-65(69)66-40-39-61(49-72(66)82)83-60-32-23-31-59(48-60)80-51-81(71-38-22-21-37-70(71)80)74-63(52-25-13-10-14-26-52)34-24-35-64(74)53-27-15-11-16-28-53/h10-50H,51H2,1-9H3/i12D,17D,18D,29D,30D. The number of anilines is 4. The second kappa shape index (κ2) is 21.3. The van der Waals surface area contributed by atoms with Gasteiger partial charge in [0.25, 0.3) is 0 Å². The predicted molar refractivity (Wildman–Crippen MR) is 351 cm³/mol. The number of nitrogens with zero attached hydrogens (tertiary/aromatic N) is 4. The summed E-state index contributed by atoms with van der Waals surface area (Å²) in [5.41, 5.74) is 15.1. The van der Waals surface area contributed by atoms with Gasteiger partial charge < -0.3 is 19.3 Å². The van der Waals surface area contributed by atoms with Crippen LogP contribution >= 0.6 is 0 Å². The van der Waals surface area contributed by atoms with Crippen LogP contribution in [0.4, 0.5) is 22.7 Å². The zero-order valence-corrected chi connectivity index (χ0v) is 49.1. The highest BCUT2D eigenvalue weighted by Crippen LogP contribution is 2.51. The molecule has 84 heavy (non-hydrogen) atoms. The summed E-state index contributed by atoms with van der Waals surface area (Å²) in [7, 11) is 0. The van der Waals surface area contributed by atoms with Gasteiger partial charge in [0.1, 0.15) is 35.5 Å². The number of hydrogen-bond donors (Lipinski definition) is 0. The molecule has 1 aliphatic rings. The minimum atomic E-state index is -0.460. The molecule has 414 valence electrons. The Morgan fingerprint density at radius 3 is 1.61 bits per heavy atom. The molecule has 0 bridgehead atoms. The number of pyridine rings is 1. The van der Waals surface area contributed by atoms with Crippen LogP contribution in [0.2, 0.25) is 0 Å². The third-order valence-corrected chi connectivity index (χ3v) is 16.1. The molecule has 0 spiro atoms. The molecule has 0 fully saturated rings. The van der Waals surface area contributed by atoms with Gasteiger partial charge in [-0.15, -0.1) is 0 Å². The Hall–Kier alpha value is -9.65. The Balaban J connectivity index is 0.904. The van der Waals surface area contributed by atoms with Crippen LogP contribution in [0.15, 0.2) is 249 Å². The molecular weight excluding hydrogens is 1020 g/mol. The largest absolute Gasteiger partial charge is 0.457 e. The fraction of sp³-hybridized carbons (Fsp3) is 0.167. The van der Waals surface area contributed by atoms with Crippen molar-refractivity contribution in [2.75, 3.05) is 16.5 Å². The average Bonchev–Trinajstić information content (AvgIpc) is 1.84. The van der Waals surface area contributed by atoms with Crippen LogP contribution in [0.1, 0.15) is 85.9 Å². The van der Waals surface area contributed by atoms with Gasteiger partial charge in [-0.2, -0.15) is 0 Å². The molecule has 0 saturated heterocycles. The van der Waals surface area contributed by atoms with E-state index in [1.807, 2.05) is 42.5 Å². The van der Waals surface area contributed by atoms with Crippen molar-refractivity contribution in [2.45, 2.75) is 78.6 Å². The Morgan fingerprint density at radius 1 is 0.405 bits per heavy atom. The summed E-state index contributed by atoms with van der Waals surface area (Å²) >= 11 is 0. The van der Waals surface area contributed by atoms with Crippen molar-refractivity contribution in [3.05, 3.63) is 265 Å². The number of benzene rings is 10. The highest BCUT2D eigenvalue weighted by molar-refractivity contribution is 6.09. The summed E-state index contributed by atoms with van der Waals surface area (Å²) in [5, 5.41) is 2.04. The first-order valence-electron chi connectivity index (χ1n) is 31.4. The Morgan fingerprint density at radius 2 is 0.952 bits per heavy atom. The molecule has 6 heteroatoms. The lowest BCUT2D eigenvalue weighted by atomic mass is 9.77. The van der Waals surface area contributed by atoms with Crippen LogP contribution in [0.5, 0.6) is 23.0 Å². The molecule has 0 aliphatic carbocycles. The third kappa shape index (κ3) is 10.3. The molecule has 12 aromatic rings. The molecule has 3 heterocycles. The molecule has 6 nitrogen and oxygen atoms in total. The summed E-state index contributed by atoms with van der Waals surface area (Å²) < 4.78 is 61.4. The normalized spacial score (nSPS) is 13.6. The van der Waals surface area contributed by atoms with Crippen molar-refractivity contribution in [1.82, 2.24) is 9.55 Å². The van der Waals surface area contributed by atoms with Crippen LogP contribution < -0.4 is 19.3 Å². The molecular formula is C78H70N4O2. The number of fused-ring (bicyclic) bond motifs is 4. The van der Waals surface area contributed by atoms with Gasteiger partial charge in [-0.25, -0.2) is 4.98 Å². The van der Waals surface area contributed by atoms with Gasteiger partial charge in [-0.3, -0.25) is 4.57 Å².